The highest BCUT2D eigenvalue weighted by Gasteiger charge is 2.07. The molecule has 0 aliphatic carbocycles. The topological polar surface area (TPSA) is 79.8 Å². The van der Waals surface area contributed by atoms with Gasteiger partial charge in [-0.1, -0.05) is 35.9 Å². The summed E-state index contributed by atoms with van der Waals surface area (Å²) in [6.07, 6.45) is 1.44. The molecule has 152 valence electrons. The summed E-state index contributed by atoms with van der Waals surface area (Å²) in [5.41, 5.74) is 3.58. The van der Waals surface area contributed by atoms with Gasteiger partial charge < -0.3 is 10.1 Å². The number of amides is 2. The molecule has 0 unspecified atom stereocenters. The summed E-state index contributed by atoms with van der Waals surface area (Å²) in [5.74, 6) is -0.967. The number of anilines is 1. The molecule has 3 rings (SSSR count). The number of nitrogens with zero attached hydrogens (tertiary/aromatic N) is 1. The summed E-state index contributed by atoms with van der Waals surface area (Å²) in [5, 5.41) is 6.88. The minimum absolute atomic E-state index is 0.0865. The smallest absolute Gasteiger partial charge is 0.271 e. The molecule has 3 aromatic rings. The zero-order valence-electron chi connectivity index (χ0n) is 15.6. The van der Waals surface area contributed by atoms with Gasteiger partial charge in [0.05, 0.1) is 11.9 Å². The van der Waals surface area contributed by atoms with Crippen LogP contribution in [0.4, 0.5) is 10.1 Å². The Morgan fingerprint density at radius 2 is 1.80 bits per heavy atom. The minimum Gasteiger partial charge on any atom is -0.484 e. The summed E-state index contributed by atoms with van der Waals surface area (Å²) in [7, 11) is 0. The molecule has 0 saturated carbocycles. The summed E-state index contributed by atoms with van der Waals surface area (Å²) < 4.78 is 19.0. The monoisotopic (exact) mass is 425 g/mol. The molecular formula is C22H17ClFN3O3. The van der Waals surface area contributed by atoms with Crippen molar-refractivity contribution >= 4 is 35.3 Å². The van der Waals surface area contributed by atoms with E-state index < -0.39 is 11.7 Å². The van der Waals surface area contributed by atoms with Crippen molar-refractivity contribution in [1.29, 1.82) is 0 Å². The lowest BCUT2D eigenvalue weighted by molar-refractivity contribution is -0.118. The van der Waals surface area contributed by atoms with E-state index in [1.165, 1.54) is 24.4 Å². The molecule has 0 heterocycles. The lowest BCUT2D eigenvalue weighted by Crippen LogP contribution is -2.20. The molecule has 0 aromatic heterocycles. The maximum absolute atomic E-state index is 13.6. The van der Waals surface area contributed by atoms with E-state index >= 15 is 0 Å². The average molecular weight is 426 g/mol. The lowest BCUT2D eigenvalue weighted by atomic mass is 10.2. The number of halogens is 2. The van der Waals surface area contributed by atoms with Gasteiger partial charge in [0.2, 0.25) is 0 Å². The zero-order valence-corrected chi connectivity index (χ0v) is 16.4. The number of carbonyl (C=O) groups is 2. The highest BCUT2D eigenvalue weighted by atomic mass is 35.5. The molecule has 3 aromatic carbocycles. The van der Waals surface area contributed by atoms with Gasteiger partial charge in [0.1, 0.15) is 11.6 Å². The number of hydrogen-bond acceptors (Lipinski definition) is 4. The second-order valence-electron chi connectivity index (χ2n) is 6.10. The van der Waals surface area contributed by atoms with E-state index in [0.29, 0.717) is 21.9 Å². The van der Waals surface area contributed by atoms with Crippen LogP contribution in [0.1, 0.15) is 15.9 Å². The van der Waals surface area contributed by atoms with Crippen LogP contribution in [0.2, 0.25) is 5.02 Å². The van der Waals surface area contributed by atoms with Crippen LogP contribution in [-0.2, 0) is 4.79 Å². The maximum Gasteiger partial charge on any atom is 0.271 e. The highest BCUT2D eigenvalue weighted by molar-refractivity contribution is 6.30. The van der Waals surface area contributed by atoms with E-state index in [1.54, 1.807) is 54.6 Å². The average Bonchev–Trinajstić information content (AvgIpc) is 2.75. The predicted octanol–water partition coefficient (Wildman–Crippen LogP) is 4.26. The van der Waals surface area contributed by atoms with Crippen molar-refractivity contribution < 1.29 is 18.7 Å². The minimum atomic E-state index is -0.523. The molecule has 0 fully saturated rings. The second-order valence-corrected chi connectivity index (χ2v) is 6.53. The molecule has 30 heavy (non-hydrogen) atoms. The Balaban J connectivity index is 1.52. The molecule has 2 N–H and O–H groups in total. The summed E-state index contributed by atoms with van der Waals surface area (Å²) in [4.78, 5) is 23.9. The van der Waals surface area contributed by atoms with Crippen LogP contribution in [0.3, 0.4) is 0 Å². The third-order valence-electron chi connectivity index (χ3n) is 3.86. The van der Waals surface area contributed by atoms with Gasteiger partial charge >= 0.3 is 0 Å². The first-order chi connectivity index (χ1) is 14.5. The Bertz CT molecular complexity index is 1070. The van der Waals surface area contributed by atoms with Gasteiger partial charge in [-0.25, -0.2) is 9.82 Å². The van der Waals surface area contributed by atoms with E-state index in [1.807, 2.05) is 0 Å². The first-order valence-corrected chi connectivity index (χ1v) is 9.25. The van der Waals surface area contributed by atoms with Crippen LogP contribution in [0.15, 0.2) is 77.9 Å². The van der Waals surface area contributed by atoms with Gasteiger partial charge in [0, 0.05) is 10.6 Å². The number of benzene rings is 3. The highest BCUT2D eigenvalue weighted by Crippen LogP contribution is 2.14. The molecule has 0 bridgehead atoms. The summed E-state index contributed by atoms with van der Waals surface area (Å²) >= 11 is 5.79. The molecule has 0 radical (unpaired) electrons. The molecule has 0 aliphatic heterocycles. The number of hydrazone groups is 1. The number of rotatable bonds is 7. The van der Waals surface area contributed by atoms with Crippen molar-refractivity contribution in [2.45, 2.75) is 0 Å². The van der Waals surface area contributed by atoms with Crippen molar-refractivity contribution in [1.82, 2.24) is 5.43 Å². The van der Waals surface area contributed by atoms with Crippen LogP contribution in [0.25, 0.3) is 0 Å². The molecule has 2 amide bonds. The van der Waals surface area contributed by atoms with Crippen molar-refractivity contribution in [2.24, 2.45) is 5.10 Å². The fraction of sp³-hybridized carbons (Fsp3) is 0.0455. The molecule has 6 nitrogen and oxygen atoms in total. The second kappa shape index (κ2) is 10.2. The first-order valence-electron chi connectivity index (χ1n) is 8.87. The summed E-state index contributed by atoms with van der Waals surface area (Å²) in [6, 6.07) is 19.1. The van der Waals surface area contributed by atoms with E-state index in [4.69, 9.17) is 16.3 Å². The lowest BCUT2D eigenvalue weighted by Gasteiger charge is -2.08. The van der Waals surface area contributed by atoms with Gasteiger partial charge in [-0.2, -0.15) is 5.10 Å². The SMILES string of the molecule is O=C(COc1cccc(C=NNC(=O)c2ccc(Cl)cc2)c1)Nc1ccccc1F. The number of carbonyl (C=O) groups excluding carboxylic acids is 2. The van der Waals surface area contributed by atoms with E-state index in [2.05, 4.69) is 15.8 Å². The van der Waals surface area contributed by atoms with Crippen molar-refractivity contribution in [3.63, 3.8) is 0 Å². The predicted molar refractivity (Wildman–Crippen MR) is 113 cm³/mol. The first kappa shape index (κ1) is 21.0. The standard InChI is InChI=1S/C22H17ClFN3O3/c23-17-10-8-16(9-11-17)22(29)27-25-13-15-4-3-5-18(12-15)30-14-21(28)26-20-7-2-1-6-19(20)24/h1-13H,14H2,(H,26,28)(H,27,29). The third-order valence-corrected chi connectivity index (χ3v) is 4.11. The number of para-hydroxylation sites is 1. The fourth-order valence-electron chi connectivity index (χ4n) is 2.41. The van der Waals surface area contributed by atoms with Gasteiger partial charge in [0.25, 0.3) is 11.8 Å². The molecule has 0 spiro atoms. The third kappa shape index (κ3) is 6.15. The van der Waals surface area contributed by atoms with E-state index in [0.717, 1.165) is 0 Å². The zero-order chi connectivity index (χ0) is 21.3. The van der Waals surface area contributed by atoms with Crippen LogP contribution in [0.5, 0.6) is 5.75 Å². The molecule has 0 atom stereocenters. The molecule has 0 saturated heterocycles. The van der Waals surface area contributed by atoms with Gasteiger partial charge in [-0.05, 0) is 54.1 Å². The number of hydrogen-bond donors (Lipinski definition) is 2. The van der Waals surface area contributed by atoms with Crippen molar-refractivity contribution in [2.75, 3.05) is 11.9 Å². The number of nitrogens with one attached hydrogen (secondary N) is 2. The van der Waals surface area contributed by atoms with Crippen LogP contribution in [-0.4, -0.2) is 24.6 Å². The van der Waals surface area contributed by atoms with E-state index in [9.17, 15) is 14.0 Å². The van der Waals surface area contributed by atoms with Crippen molar-refractivity contribution in [3.8, 4) is 5.75 Å². The summed E-state index contributed by atoms with van der Waals surface area (Å²) in [6.45, 7) is -0.289. The molecular weight excluding hydrogens is 409 g/mol. The Labute approximate surface area is 177 Å². The Morgan fingerprint density at radius 3 is 2.57 bits per heavy atom. The van der Waals surface area contributed by atoms with Crippen molar-refractivity contribution in [3.05, 3.63) is 94.8 Å². The quantitative estimate of drug-likeness (QED) is 0.438. The Morgan fingerprint density at radius 1 is 1.03 bits per heavy atom. The van der Waals surface area contributed by atoms with Crippen LogP contribution in [0, 0.1) is 5.82 Å². The largest absolute Gasteiger partial charge is 0.484 e. The molecule has 8 heteroatoms. The fourth-order valence-corrected chi connectivity index (χ4v) is 2.54. The Kier molecular flexibility index (Phi) is 7.13. The molecule has 0 aliphatic rings. The normalized spacial score (nSPS) is 10.6. The maximum atomic E-state index is 13.6. The van der Waals surface area contributed by atoms with Crippen LogP contribution >= 0.6 is 11.6 Å². The number of ether oxygens (including phenoxy) is 1. The van der Waals surface area contributed by atoms with Gasteiger partial charge in [-0.15, -0.1) is 0 Å². The van der Waals surface area contributed by atoms with Crippen LogP contribution < -0.4 is 15.5 Å². The Hall–Kier alpha value is -3.71. The van der Waals surface area contributed by atoms with E-state index in [-0.39, 0.29) is 18.2 Å². The van der Waals surface area contributed by atoms with Gasteiger partial charge in [-0.3, -0.25) is 9.59 Å². The van der Waals surface area contributed by atoms with Gasteiger partial charge in [0.15, 0.2) is 6.61 Å².